The summed E-state index contributed by atoms with van der Waals surface area (Å²) in [5.41, 5.74) is 4.82. The molecular formula is C17H21BrN2. The van der Waals surface area contributed by atoms with Crippen LogP contribution < -0.4 is 5.32 Å². The van der Waals surface area contributed by atoms with Crippen molar-refractivity contribution in [3.8, 4) is 0 Å². The third-order valence-corrected chi connectivity index (χ3v) is 3.97. The average Bonchev–Trinajstić information content (AvgIpc) is 2.41. The van der Waals surface area contributed by atoms with E-state index in [1.54, 1.807) is 0 Å². The number of likely N-dealkylation sites (N-methyl/N-ethyl adjacent to an activating group) is 1. The predicted octanol–water partition coefficient (Wildman–Crippen LogP) is 4.35. The number of aromatic nitrogens is 1. The minimum Gasteiger partial charge on any atom is -0.310 e. The smallest absolute Gasteiger partial charge is 0.0423 e. The number of aryl methyl sites for hydroxylation is 2. The maximum absolute atomic E-state index is 4.58. The molecular weight excluding hydrogens is 312 g/mol. The van der Waals surface area contributed by atoms with E-state index in [1.165, 1.54) is 11.1 Å². The van der Waals surface area contributed by atoms with Gasteiger partial charge in [0, 0.05) is 21.9 Å². The van der Waals surface area contributed by atoms with Crippen LogP contribution in [0, 0.1) is 13.8 Å². The molecule has 0 saturated heterocycles. The van der Waals surface area contributed by atoms with Crippen molar-refractivity contribution in [2.24, 2.45) is 0 Å². The number of hydrogen-bond donors (Lipinski definition) is 1. The summed E-state index contributed by atoms with van der Waals surface area (Å²) in [6.45, 7) is 7.22. The maximum atomic E-state index is 4.58. The van der Waals surface area contributed by atoms with Crippen molar-refractivity contribution in [3.05, 3.63) is 63.4 Å². The highest BCUT2D eigenvalue weighted by Crippen LogP contribution is 2.22. The molecule has 2 rings (SSSR count). The van der Waals surface area contributed by atoms with Gasteiger partial charge in [0.2, 0.25) is 0 Å². The maximum Gasteiger partial charge on any atom is 0.0423 e. The molecule has 0 spiro atoms. The van der Waals surface area contributed by atoms with Crippen LogP contribution in [0.5, 0.6) is 0 Å². The van der Waals surface area contributed by atoms with Crippen LogP contribution in [-0.2, 0) is 6.42 Å². The number of benzene rings is 1. The van der Waals surface area contributed by atoms with Crippen LogP contribution in [0.15, 0.2) is 40.9 Å². The van der Waals surface area contributed by atoms with Gasteiger partial charge in [-0.05, 0) is 56.1 Å². The Morgan fingerprint density at radius 2 is 1.80 bits per heavy atom. The summed E-state index contributed by atoms with van der Waals surface area (Å²) >= 11 is 3.48. The van der Waals surface area contributed by atoms with Crippen LogP contribution in [0.4, 0.5) is 0 Å². The second-order valence-corrected chi connectivity index (χ2v) is 5.98. The van der Waals surface area contributed by atoms with E-state index in [2.05, 4.69) is 76.5 Å². The second kappa shape index (κ2) is 7.00. The van der Waals surface area contributed by atoms with Crippen LogP contribution in [0.3, 0.4) is 0 Å². The van der Waals surface area contributed by atoms with Gasteiger partial charge in [0.05, 0.1) is 0 Å². The Balaban J connectivity index is 2.24. The molecule has 0 aliphatic carbocycles. The molecule has 1 aromatic heterocycles. The molecule has 0 amide bonds. The summed E-state index contributed by atoms with van der Waals surface area (Å²) in [5.74, 6) is 0. The standard InChI is InChI=1S/C17H21BrN2/c1-4-19-17(11-14-6-8-15(18)9-7-14)16-10-5-12(2)20-13(16)3/h5-10,17,19H,4,11H2,1-3H3. The van der Waals surface area contributed by atoms with E-state index in [0.29, 0.717) is 6.04 Å². The number of rotatable bonds is 5. The van der Waals surface area contributed by atoms with E-state index in [0.717, 1.165) is 28.8 Å². The lowest BCUT2D eigenvalue weighted by atomic mass is 9.97. The Morgan fingerprint density at radius 1 is 1.10 bits per heavy atom. The quantitative estimate of drug-likeness (QED) is 0.880. The molecule has 2 nitrogen and oxygen atoms in total. The summed E-state index contributed by atoms with van der Waals surface area (Å²) in [5, 5.41) is 3.57. The fourth-order valence-corrected chi connectivity index (χ4v) is 2.72. The van der Waals surface area contributed by atoms with Crippen LogP contribution in [0.2, 0.25) is 0 Å². The van der Waals surface area contributed by atoms with Crippen molar-refractivity contribution >= 4 is 15.9 Å². The summed E-state index contributed by atoms with van der Waals surface area (Å²) in [6.07, 6.45) is 0.979. The van der Waals surface area contributed by atoms with Crippen LogP contribution in [-0.4, -0.2) is 11.5 Å². The summed E-state index contributed by atoms with van der Waals surface area (Å²) in [7, 11) is 0. The Kier molecular flexibility index (Phi) is 5.32. The molecule has 0 radical (unpaired) electrons. The van der Waals surface area contributed by atoms with E-state index < -0.39 is 0 Å². The highest BCUT2D eigenvalue weighted by molar-refractivity contribution is 9.10. The highest BCUT2D eigenvalue weighted by atomic mass is 79.9. The molecule has 1 heterocycles. The number of nitrogens with one attached hydrogen (secondary N) is 1. The van der Waals surface area contributed by atoms with Crippen molar-refractivity contribution in [1.29, 1.82) is 0 Å². The van der Waals surface area contributed by atoms with Gasteiger partial charge in [-0.15, -0.1) is 0 Å². The summed E-state index contributed by atoms with van der Waals surface area (Å²) in [4.78, 5) is 4.58. The van der Waals surface area contributed by atoms with Crippen LogP contribution >= 0.6 is 15.9 Å². The van der Waals surface area contributed by atoms with Crippen molar-refractivity contribution in [1.82, 2.24) is 10.3 Å². The van der Waals surface area contributed by atoms with Gasteiger partial charge in [0.1, 0.15) is 0 Å². The van der Waals surface area contributed by atoms with Gasteiger partial charge in [0.25, 0.3) is 0 Å². The first-order chi connectivity index (χ1) is 9.60. The molecule has 2 aromatic rings. The molecule has 1 aromatic carbocycles. The van der Waals surface area contributed by atoms with E-state index in [9.17, 15) is 0 Å². The van der Waals surface area contributed by atoms with Gasteiger partial charge in [-0.1, -0.05) is 41.1 Å². The first-order valence-electron chi connectivity index (χ1n) is 7.02. The van der Waals surface area contributed by atoms with Crippen LogP contribution in [0.25, 0.3) is 0 Å². The lowest BCUT2D eigenvalue weighted by Crippen LogP contribution is -2.24. The normalized spacial score (nSPS) is 12.4. The Hall–Kier alpha value is -1.19. The van der Waals surface area contributed by atoms with Gasteiger partial charge in [-0.2, -0.15) is 0 Å². The average molecular weight is 333 g/mol. The van der Waals surface area contributed by atoms with Crippen molar-refractivity contribution in [3.63, 3.8) is 0 Å². The number of pyridine rings is 1. The minimum absolute atomic E-state index is 0.314. The molecule has 0 aliphatic rings. The lowest BCUT2D eigenvalue weighted by molar-refractivity contribution is 0.545. The van der Waals surface area contributed by atoms with Crippen molar-refractivity contribution < 1.29 is 0 Å². The number of hydrogen-bond acceptors (Lipinski definition) is 2. The van der Waals surface area contributed by atoms with Gasteiger partial charge >= 0.3 is 0 Å². The third-order valence-electron chi connectivity index (χ3n) is 3.44. The Bertz CT molecular complexity index is 564. The van der Waals surface area contributed by atoms with Crippen LogP contribution in [0.1, 0.15) is 35.5 Å². The highest BCUT2D eigenvalue weighted by Gasteiger charge is 2.14. The monoisotopic (exact) mass is 332 g/mol. The van der Waals surface area contributed by atoms with Crippen molar-refractivity contribution in [2.45, 2.75) is 33.2 Å². The Morgan fingerprint density at radius 3 is 2.40 bits per heavy atom. The second-order valence-electron chi connectivity index (χ2n) is 5.07. The predicted molar refractivity (Wildman–Crippen MR) is 88.0 cm³/mol. The van der Waals surface area contributed by atoms with Gasteiger partial charge < -0.3 is 5.32 Å². The summed E-state index contributed by atoms with van der Waals surface area (Å²) < 4.78 is 1.12. The first kappa shape index (κ1) is 15.2. The number of halogens is 1. The van der Waals surface area contributed by atoms with E-state index in [-0.39, 0.29) is 0 Å². The van der Waals surface area contributed by atoms with E-state index >= 15 is 0 Å². The molecule has 0 aliphatic heterocycles. The lowest BCUT2D eigenvalue weighted by Gasteiger charge is -2.20. The molecule has 1 N–H and O–H groups in total. The van der Waals surface area contributed by atoms with Gasteiger partial charge in [-0.25, -0.2) is 0 Å². The largest absolute Gasteiger partial charge is 0.310 e. The first-order valence-corrected chi connectivity index (χ1v) is 7.81. The van der Waals surface area contributed by atoms with E-state index in [4.69, 9.17) is 0 Å². The molecule has 20 heavy (non-hydrogen) atoms. The molecule has 0 bridgehead atoms. The molecule has 0 saturated carbocycles. The fourth-order valence-electron chi connectivity index (χ4n) is 2.46. The minimum atomic E-state index is 0.314. The molecule has 1 atom stereocenters. The zero-order chi connectivity index (χ0) is 14.5. The molecule has 0 fully saturated rings. The van der Waals surface area contributed by atoms with Gasteiger partial charge in [-0.3, -0.25) is 4.98 Å². The zero-order valence-corrected chi connectivity index (χ0v) is 13.9. The fraction of sp³-hybridized carbons (Fsp3) is 0.353. The number of nitrogens with zero attached hydrogens (tertiary/aromatic N) is 1. The summed E-state index contributed by atoms with van der Waals surface area (Å²) in [6, 6.07) is 13.1. The van der Waals surface area contributed by atoms with Gasteiger partial charge in [0.15, 0.2) is 0 Å². The topological polar surface area (TPSA) is 24.9 Å². The molecule has 106 valence electrons. The zero-order valence-electron chi connectivity index (χ0n) is 12.3. The van der Waals surface area contributed by atoms with E-state index in [1.807, 2.05) is 6.92 Å². The van der Waals surface area contributed by atoms with Crippen molar-refractivity contribution in [2.75, 3.05) is 6.54 Å². The Labute approximate surface area is 129 Å². The molecule has 3 heteroatoms. The third kappa shape index (κ3) is 3.90. The molecule has 1 unspecified atom stereocenters. The SMILES string of the molecule is CCNC(Cc1ccc(Br)cc1)c1ccc(C)nc1C.